The van der Waals surface area contributed by atoms with Crippen molar-refractivity contribution in [3.63, 3.8) is 0 Å². The van der Waals surface area contributed by atoms with E-state index in [2.05, 4.69) is 5.32 Å². The number of nitro groups is 1. The van der Waals surface area contributed by atoms with E-state index in [1.54, 1.807) is 0 Å². The van der Waals surface area contributed by atoms with Crippen molar-refractivity contribution in [2.75, 3.05) is 0 Å². The molecule has 0 fully saturated rings. The molecule has 0 aliphatic heterocycles. The zero-order chi connectivity index (χ0) is 14.6. The van der Waals surface area contributed by atoms with Crippen LogP contribution in [0.3, 0.4) is 0 Å². The molecule has 0 aliphatic carbocycles. The standard InChI is InChI=1S/C13H18F2N2O2/c1-4-13(3,5-2)16-8-9-6-12(17(18)19)11(15)7-10(9)14/h6-7,16H,4-5,8H2,1-3H3. The maximum Gasteiger partial charge on any atom is 0.305 e. The van der Waals surface area contributed by atoms with Crippen molar-refractivity contribution >= 4 is 5.69 Å². The second-order valence-corrected chi connectivity index (χ2v) is 4.77. The number of hydrogen-bond donors (Lipinski definition) is 1. The van der Waals surface area contributed by atoms with Gasteiger partial charge in [0.25, 0.3) is 0 Å². The fourth-order valence-corrected chi connectivity index (χ4v) is 1.66. The molecule has 1 rings (SSSR count). The second kappa shape index (κ2) is 6.06. The molecule has 0 amide bonds. The van der Waals surface area contributed by atoms with Crippen LogP contribution in [0.2, 0.25) is 0 Å². The third kappa shape index (κ3) is 3.70. The highest BCUT2D eigenvalue weighted by molar-refractivity contribution is 5.37. The molecule has 0 atom stereocenters. The number of nitrogens with zero attached hydrogens (tertiary/aromatic N) is 1. The summed E-state index contributed by atoms with van der Waals surface area (Å²) >= 11 is 0. The first-order valence-electron chi connectivity index (χ1n) is 6.20. The first-order valence-corrected chi connectivity index (χ1v) is 6.20. The van der Waals surface area contributed by atoms with Crippen LogP contribution in [0, 0.1) is 21.7 Å². The summed E-state index contributed by atoms with van der Waals surface area (Å²) in [5.74, 6) is -1.93. The van der Waals surface area contributed by atoms with Crippen molar-refractivity contribution < 1.29 is 13.7 Å². The van der Waals surface area contributed by atoms with Crippen molar-refractivity contribution in [1.29, 1.82) is 0 Å². The Kier molecular flexibility index (Phi) is 4.94. The van der Waals surface area contributed by atoms with Gasteiger partial charge in [-0.1, -0.05) is 13.8 Å². The van der Waals surface area contributed by atoms with E-state index < -0.39 is 22.2 Å². The summed E-state index contributed by atoms with van der Waals surface area (Å²) in [5, 5.41) is 13.8. The van der Waals surface area contributed by atoms with Gasteiger partial charge in [0.2, 0.25) is 5.82 Å². The Morgan fingerprint density at radius 1 is 1.26 bits per heavy atom. The van der Waals surface area contributed by atoms with Crippen LogP contribution < -0.4 is 5.32 Å². The van der Waals surface area contributed by atoms with Gasteiger partial charge in [0, 0.05) is 29.8 Å². The number of benzene rings is 1. The number of rotatable bonds is 6. The van der Waals surface area contributed by atoms with Gasteiger partial charge < -0.3 is 5.32 Å². The lowest BCUT2D eigenvalue weighted by molar-refractivity contribution is -0.387. The Bertz CT molecular complexity index is 474. The molecule has 0 unspecified atom stereocenters. The second-order valence-electron chi connectivity index (χ2n) is 4.77. The summed E-state index contributed by atoms with van der Waals surface area (Å²) < 4.78 is 26.8. The van der Waals surface area contributed by atoms with Crippen LogP contribution in [0.15, 0.2) is 12.1 Å². The normalized spacial score (nSPS) is 11.6. The molecule has 0 saturated heterocycles. The summed E-state index contributed by atoms with van der Waals surface area (Å²) in [6, 6.07) is 1.51. The van der Waals surface area contributed by atoms with Crippen molar-refractivity contribution in [3.05, 3.63) is 39.4 Å². The molecular formula is C13H18F2N2O2. The van der Waals surface area contributed by atoms with Crippen molar-refractivity contribution in [2.24, 2.45) is 0 Å². The molecule has 0 radical (unpaired) electrons. The van der Waals surface area contributed by atoms with Crippen LogP contribution in [0.1, 0.15) is 39.2 Å². The van der Waals surface area contributed by atoms with Crippen molar-refractivity contribution in [3.8, 4) is 0 Å². The molecule has 0 aliphatic rings. The molecule has 1 N–H and O–H groups in total. The predicted octanol–water partition coefficient (Wildman–Crippen LogP) is 3.54. The van der Waals surface area contributed by atoms with E-state index in [0.29, 0.717) is 6.07 Å². The molecule has 0 spiro atoms. The lowest BCUT2D eigenvalue weighted by Crippen LogP contribution is -2.40. The van der Waals surface area contributed by atoms with E-state index in [4.69, 9.17) is 0 Å². The summed E-state index contributed by atoms with van der Waals surface area (Å²) in [7, 11) is 0. The van der Waals surface area contributed by atoms with Crippen LogP contribution in [0.4, 0.5) is 14.5 Å². The van der Waals surface area contributed by atoms with Crippen LogP contribution in [-0.2, 0) is 6.54 Å². The van der Waals surface area contributed by atoms with Crippen LogP contribution in [0.25, 0.3) is 0 Å². The first-order chi connectivity index (χ1) is 8.83. The van der Waals surface area contributed by atoms with Crippen LogP contribution in [-0.4, -0.2) is 10.5 Å². The zero-order valence-electron chi connectivity index (χ0n) is 11.3. The molecule has 0 saturated carbocycles. The van der Waals surface area contributed by atoms with E-state index in [9.17, 15) is 18.9 Å². The molecule has 4 nitrogen and oxygen atoms in total. The Morgan fingerprint density at radius 2 is 1.84 bits per heavy atom. The predicted molar refractivity (Wildman–Crippen MR) is 68.8 cm³/mol. The van der Waals surface area contributed by atoms with Gasteiger partial charge in [-0.05, 0) is 19.8 Å². The van der Waals surface area contributed by atoms with Crippen molar-refractivity contribution in [1.82, 2.24) is 5.32 Å². The first kappa shape index (κ1) is 15.5. The highest BCUT2D eigenvalue weighted by atomic mass is 19.1. The summed E-state index contributed by atoms with van der Waals surface area (Å²) in [4.78, 5) is 9.77. The molecule has 6 heteroatoms. The van der Waals surface area contributed by atoms with Gasteiger partial charge in [-0.3, -0.25) is 10.1 Å². The van der Waals surface area contributed by atoms with Crippen LogP contribution in [0.5, 0.6) is 0 Å². The minimum absolute atomic E-state index is 0.0984. The largest absolute Gasteiger partial charge is 0.307 e. The molecular weight excluding hydrogens is 254 g/mol. The summed E-state index contributed by atoms with van der Waals surface area (Å²) in [5.41, 5.74) is -0.774. The Labute approximate surface area is 111 Å². The molecule has 0 bridgehead atoms. The maximum atomic E-state index is 13.6. The fourth-order valence-electron chi connectivity index (χ4n) is 1.66. The third-order valence-electron chi connectivity index (χ3n) is 3.58. The molecule has 106 valence electrons. The van der Waals surface area contributed by atoms with E-state index in [1.807, 2.05) is 20.8 Å². The van der Waals surface area contributed by atoms with E-state index >= 15 is 0 Å². The van der Waals surface area contributed by atoms with E-state index in [0.717, 1.165) is 18.9 Å². The Balaban J connectivity index is 2.96. The number of hydrogen-bond acceptors (Lipinski definition) is 3. The lowest BCUT2D eigenvalue weighted by Gasteiger charge is -2.28. The van der Waals surface area contributed by atoms with Gasteiger partial charge in [0.05, 0.1) is 4.92 Å². The lowest BCUT2D eigenvalue weighted by atomic mass is 9.95. The Hall–Kier alpha value is -1.56. The maximum absolute atomic E-state index is 13.6. The van der Waals surface area contributed by atoms with Gasteiger partial charge in [-0.25, -0.2) is 4.39 Å². The molecule has 19 heavy (non-hydrogen) atoms. The Morgan fingerprint density at radius 3 is 2.32 bits per heavy atom. The van der Waals surface area contributed by atoms with Gasteiger partial charge >= 0.3 is 5.69 Å². The summed E-state index contributed by atoms with van der Waals surface area (Å²) in [6.07, 6.45) is 1.68. The average molecular weight is 272 g/mol. The topological polar surface area (TPSA) is 55.2 Å². The van der Waals surface area contributed by atoms with E-state index in [-0.39, 0.29) is 17.6 Å². The average Bonchev–Trinajstić information content (AvgIpc) is 2.37. The van der Waals surface area contributed by atoms with Gasteiger partial charge in [-0.2, -0.15) is 4.39 Å². The number of nitro benzene ring substituents is 1. The minimum atomic E-state index is -1.15. The van der Waals surface area contributed by atoms with Gasteiger partial charge in [0.1, 0.15) is 5.82 Å². The molecule has 1 aromatic carbocycles. The quantitative estimate of drug-likeness (QED) is 0.636. The number of nitrogens with one attached hydrogen (secondary N) is 1. The monoisotopic (exact) mass is 272 g/mol. The minimum Gasteiger partial charge on any atom is -0.307 e. The van der Waals surface area contributed by atoms with Gasteiger partial charge in [0.15, 0.2) is 0 Å². The van der Waals surface area contributed by atoms with Gasteiger partial charge in [-0.15, -0.1) is 0 Å². The highest BCUT2D eigenvalue weighted by Gasteiger charge is 2.22. The summed E-state index contributed by atoms with van der Waals surface area (Å²) in [6.45, 7) is 6.12. The highest BCUT2D eigenvalue weighted by Crippen LogP contribution is 2.22. The molecule has 0 heterocycles. The van der Waals surface area contributed by atoms with Crippen molar-refractivity contribution in [2.45, 2.75) is 45.7 Å². The number of halogens is 2. The fraction of sp³-hybridized carbons (Fsp3) is 0.538. The zero-order valence-corrected chi connectivity index (χ0v) is 11.3. The smallest absolute Gasteiger partial charge is 0.305 e. The van der Waals surface area contributed by atoms with E-state index in [1.165, 1.54) is 0 Å². The van der Waals surface area contributed by atoms with Crippen LogP contribution >= 0.6 is 0 Å². The molecule has 0 aromatic heterocycles. The molecule has 1 aromatic rings. The third-order valence-corrected chi connectivity index (χ3v) is 3.58. The SMILES string of the molecule is CCC(C)(CC)NCc1cc([N+](=O)[O-])c(F)cc1F.